The Kier molecular flexibility index (Phi) is 5.24. The zero-order valence-corrected chi connectivity index (χ0v) is 12.4. The van der Waals surface area contributed by atoms with Gasteiger partial charge < -0.3 is 14.3 Å². The zero-order chi connectivity index (χ0) is 14.8. The monoisotopic (exact) mass is 328 g/mol. The molecule has 1 rings (SSSR count). The molecule has 0 aromatic heterocycles. The number of esters is 2. The first-order valence-electron chi connectivity index (χ1n) is 5.26. The molecule has 0 aromatic rings. The Bertz CT molecular complexity index is 414. The van der Waals surface area contributed by atoms with Crippen LogP contribution < -0.4 is 0 Å². The first kappa shape index (κ1) is 16.3. The minimum Gasteiger partial charge on any atom is -0.455 e. The first-order valence-corrected chi connectivity index (χ1v) is 6.39. The molecular weight excluding hydrogens is 318 g/mol. The van der Waals surface area contributed by atoms with E-state index >= 15 is 0 Å². The maximum atomic E-state index is 11.1. The van der Waals surface area contributed by atoms with Crippen molar-refractivity contribution in [2.24, 2.45) is 0 Å². The van der Waals surface area contributed by atoms with Crippen molar-refractivity contribution >= 4 is 53.0 Å². The van der Waals surface area contributed by atoms with Gasteiger partial charge in [-0.05, 0) is 0 Å². The third-order valence-electron chi connectivity index (χ3n) is 2.52. The predicted octanol–water partition coefficient (Wildman–Crippen LogP) is 2.12. The fraction of sp³-hybridized carbons (Fsp3) is 0.545. The van der Waals surface area contributed by atoms with Crippen LogP contribution in [0.1, 0.15) is 20.3 Å². The Morgan fingerprint density at radius 2 is 1.53 bits per heavy atom. The third kappa shape index (κ3) is 3.22. The minimum atomic E-state index is -1.53. The molecule has 5 nitrogen and oxygen atoms in total. The number of carbonyl (C=O) groups excluding carboxylic acids is 3. The molecule has 8 heteroatoms. The molecule has 0 fully saturated rings. The van der Waals surface area contributed by atoms with Crippen molar-refractivity contribution in [1.29, 1.82) is 0 Å². The van der Waals surface area contributed by atoms with Crippen molar-refractivity contribution in [3.05, 3.63) is 10.1 Å². The van der Waals surface area contributed by atoms with Crippen LogP contribution in [-0.2, 0) is 23.9 Å². The van der Waals surface area contributed by atoms with Crippen LogP contribution in [0.25, 0.3) is 0 Å². The summed E-state index contributed by atoms with van der Waals surface area (Å²) in [5.74, 6) is -1.29. The summed E-state index contributed by atoms with van der Waals surface area (Å²) in [6.45, 7) is 2.32. The van der Waals surface area contributed by atoms with Gasteiger partial charge in [0.05, 0.1) is 10.1 Å². The van der Waals surface area contributed by atoms with E-state index in [9.17, 15) is 14.4 Å². The largest absolute Gasteiger partial charge is 0.455 e. The van der Waals surface area contributed by atoms with E-state index in [4.69, 9.17) is 44.3 Å². The van der Waals surface area contributed by atoms with Crippen LogP contribution >= 0.6 is 34.8 Å². The van der Waals surface area contributed by atoms with Crippen LogP contribution in [0.4, 0.5) is 0 Å². The lowest BCUT2D eigenvalue weighted by Gasteiger charge is -2.32. The number of hydrogen-bond donors (Lipinski definition) is 0. The normalized spacial score (nSPS) is 30.2. The second-order valence-corrected chi connectivity index (χ2v) is 5.49. The molecule has 1 unspecified atom stereocenters. The lowest BCUT2D eigenvalue weighted by atomic mass is 9.97. The fourth-order valence-electron chi connectivity index (χ4n) is 1.78. The van der Waals surface area contributed by atoms with Gasteiger partial charge in [0.25, 0.3) is 0 Å². The van der Waals surface area contributed by atoms with Gasteiger partial charge in [0, 0.05) is 20.3 Å². The summed E-state index contributed by atoms with van der Waals surface area (Å²) in [6.07, 6.45) is -2.03. The third-order valence-corrected chi connectivity index (χ3v) is 3.98. The molecule has 3 atom stereocenters. The summed E-state index contributed by atoms with van der Waals surface area (Å²) in [6, 6.07) is 0. The van der Waals surface area contributed by atoms with Crippen molar-refractivity contribution in [3.63, 3.8) is 0 Å². The van der Waals surface area contributed by atoms with Crippen molar-refractivity contribution in [2.75, 3.05) is 0 Å². The molecule has 0 bridgehead atoms. The Morgan fingerprint density at radius 1 is 1.16 bits per heavy atom. The van der Waals surface area contributed by atoms with Crippen molar-refractivity contribution in [1.82, 2.24) is 0 Å². The number of halogens is 3. The Balaban J connectivity index is 3.19. The highest BCUT2D eigenvalue weighted by atomic mass is 35.5. The highest BCUT2D eigenvalue weighted by Crippen LogP contribution is 2.48. The molecule has 1 aliphatic carbocycles. The molecule has 0 saturated heterocycles. The van der Waals surface area contributed by atoms with Gasteiger partial charge in [0.15, 0.2) is 12.2 Å². The van der Waals surface area contributed by atoms with Gasteiger partial charge in [0.2, 0.25) is 0 Å². The molecule has 0 amide bonds. The number of alkyl halides is 1. The lowest BCUT2D eigenvalue weighted by Crippen LogP contribution is -2.46. The van der Waals surface area contributed by atoms with E-state index < -0.39 is 29.0 Å². The van der Waals surface area contributed by atoms with E-state index in [0.717, 1.165) is 13.8 Å². The zero-order valence-electron chi connectivity index (χ0n) is 10.1. The molecule has 0 aliphatic heterocycles. The van der Waals surface area contributed by atoms with Gasteiger partial charge >= 0.3 is 11.9 Å². The van der Waals surface area contributed by atoms with Gasteiger partial charge in [-0.15, -0.1) is 11.6 Å². The predicted molar refractivity (Wildman–Crippen MR) is 69.1 cm³/mol. The summed E-state index contributed by atoms with van der Waals surface area (Å²) in [5.41, 5.74) is 0. The van der Waals surface area contributed by atoms with Crippen LogP contribution in [0.5, 0.6) is 0 Å². The van der Waals surface area contributed by atoms with Gasteiger partial charge in [-0.2, -0.15) is 0 Å². The molecule has 0 radical (unpaired) electrons. The van der Waals surface area contributed by atoms with E-state index in [0.29, 0.717) is 6.29 Å². The molecular formula is C11H11Cl3O5. The van der Waals surface area contributed by atoms with E-state index in [1.807, 2.05) is 0 Å². The molecule has 0 N–H and O–H groups in total. The van der Waals surface area contributed by atoms with E-state index in [1.165, 1.54) is 0 Å². The molecule has 0 saturated carbocycles. The molecule has 1 aliphatic rings. The second kappa shape index (κ2) is 6.11. The van der Waals surface area contributed by atoms with Gasteiger partial charge in [0.1, 0.15) is 11.2 Å². The van der Waals surface area contributed by atoms with Crippen LogP contribution in [-0.4, -0.2) is 35.3 Å². The van der Waals surface area contributed by atoms with Crippen molar-refractivity contribution in [2.45, 2.75) is 37.4 Å². The summed E-state index contributed by atoms with van der Waals surface area (Å²) in [5, 5.41) is -0.111. The average molecular weight is 330 g/mol. The maximum absolute atomic E-state index is 11.1. The number of ether oxygens (including phenoxy) is 2. The minimum absolute atomic E-state index is 0.0556. The summed E-state index contributed by atoms with van der Waals surface area (Å²) < 4.78 is 9.96. The summed E-state index contributed by atoms with van der Waals surface area (Å²) in [4.78, 5) is 31.4. The number of aldehydes is 1. The fourth-order valence-corrected chi connectivity index (χ4v) is 2.94. The molecule has 0 heterocycles. The highest BCUT2D eigenvalue weighted by molar-refractivity contribution is 6.43. The summed E-state index contributed by atoms with van der Waals surface area (Å²) >= 11 is 18.2. The van der Waals surface area contributed by atoms with Crippen LogP contribution in [0.2, 0.25) is 0 Å². The number of carbonyl (C=O) groups is 3. The molecule has 0 aromatic carbocycles. The second-order valence-electron chi connectivity index (χ2n) is 3.97. The first-order chi connectivity index (χ1) is 8.74. The van der Waals surface area contributed by atoms with E-state index in [1.54, 1.807) is 0 Å². The average Bonchev–Trinajstić information content (AvgIpc) is 2.44. The van der Waals surface area contributed by atoms with Crippen LogP contribution in [0.15, 0.2) is 10.1 Å². The van der Waals surface area contributed by atoms with Gasteiger partial charge in [-0.25, -0.2) is 0 Å². The number of rotatable bonds is 4. The van der Waals surface area contributed by atoms with Gasteiger partial charge in [-0.1, -0.05) is 23.2 Å². The Morgan fingerprint density at radius 3 is 1.79 bits per heavy atom. The SMILES string of the molecule is CC(=O)O[C@@H]1C(Cl)=C(Cl)[C@H](OC(C)=O)C1(Cl)CC=O. The topological polar surface area (TPSA) is 69.7 Å². The van der Waals surface area contributed by atoms with Crippen molar-refractivity contribution in [3.8, 4) is 0 Å². The number of hydrogen-bond acceptors (Lipinski definition) is 5. The van der Waals surface area contributed by atoms with Crippen molar-refractivity contribution < 1.29 is 23.9 Å². The Hall–Kier alpha value is -0.780. The highest BCUT2D eigenvalue weighted by Gasteiger charge is 2.57. The molecule has 19 heavy (non-hydrogen) atoms. The standard InChI is InChI=1S/C11H11Cl3O5/c1-5(16)18-9-7(12)8(13)10(19-6(2)17)11(9,14)3-4-15/h4,9-10H,3H2,1-2H3/t9-,10+,11?. The van der Waals surface area contributed by atoms with E-state index in [-0.39, 0.29) is 16.5 Å². The quantitative estimate of drug-likeness (QED) is 0.449. The molecule has 106 valence electrons. The van der Waals surface area contributed by atoms with Crippen LogP contribution in [0, 0.1) is 0 Å². The Labute approximate surface area is 124 Å². The van der Waals surface area contributed by atoms with Gasteiger partial charge in [-0.3, -0.25) is 9.59 Å². The molecule has 0 spiro atoms. The van der Waals surface area contributed by atoms with Crippen LogP contribution in [0.3, 0.4) is 0 Å². The maximum Gasteiger partial charge on any atom is 0.303 e. The summed E-state index contributed by atoms with van der Waals surface area (Å²) in [7, 11) is 0. The smallest absolute Gasteiger partial charge is 0.303 e. The van der Waals surface area contributed by atoms with E-state index in [2.05, 4.69) is 0 Å². The lowest BCUT2D eigenvalue weighted by molar-refractivity contribution is -0.151.